The van der Waals surface area contributed by atoms with Gasteiger partial charge in [-0.25, -0.2) is 0 Å². The van der Waals surface area contributed by atoms with Crippen molar-refractivity contribution in [3.63, 3.8) is 0 Å². The first-order valence-electron chi connectivity index (χ1n) is 8.74. The molecule has 0 bridgehead atoms. The van der Waals surface area contributed by atoms with E-state index in [1.807, 2.05) is 55.5 Å². The van der Waals surface area contributed by atoms with Crippen LogP contribution in [0.4, 0.5) is 5.69 Å². The number of carbonyl (C=O) groups excluding carboxylic acids is 2. The molecule has 0 aromatic heterocycles. The molecule has 0 aliphatic rings. The average molecular weight is 354 g/mol. The molecule has 1 N–H and O–H groups in total. The van der Waals surface area contributed by atoms with Gasteiger partial charge in [0.15, 0.2) is 0 Å². The van der Waals surface area contributed by atoms with Crippen molar-refractivity contribution in [1.29, 1.82) is 0 Å². The first-order chi connectivity index (χ1) is 12.5. The monoisotopic (exact) mass is 354 g/mol. The van der Waals surface area contributed by atoms with Crippen LogP contribution in [-0.2, 0) is 16.0 Å². The van der Waals surface area contributed by atoms with E-state index in [9.17, 15) is 9.59 Å². The molecule has 0 saturated heterocycles. The zero-order valence-electron chi connectivity index (χ0n) is 15.6. The fraction of sp³-hybridized carbons (Fsp3) is 0.333. The van der Waals surface area contributed by atoms with Crippen LogP contribution in [-0.4, -0.2) is 32.0 Å². The topological polar surface area (TPSA) is 58.6 Å². The summed E-state index contributed by atoms with van der Waals surface area (Å²) in [4.78, 5) is 25.6. The van der Waals surface area contributed by atoms with E-state index >= 15 is 0 Å². The summed E-state index contributed by atoms with van der Waals surface area (Å²) < 4.78 is 5.19. The van der Waals surface area contributed by atoms with Crippen LogP contribution in [0.15, 0.2) is 48.5 Å². The number of benzene rings is 2. The maximum absolute atomic E-state index is 12.1. The third-order valence-electron chi connectivity index (χ3n) is 4.16. The standard InChI is InChI=1S/C21H26N2O3/c1-16-7-9-19(10-8-16)23(17(2)24)14-12-21(25)22-13-11-18-5-4-6-20(15-18)26-3/h4-10,15H,11-14H2,1-3H3,(H,22,25). The molecule has 5 nitrogen and oxygen atoms in total. The zero-order chi connectivity index (χ0) is 18.9. The fourth-order valence-corrected chi connectivity index (χ4v) is 2.67. The van der Waals surface area contributed by atoms with E-state index in [-0.39, 0.29) is 18.2 Å². The highest BCUT2D eigenvalue weighted by Gasteiger charge is 2.13. The van der Waals surface area contributed by atoms with E-state index in [1.165, 1.54) is 6.92 Å². The van der Waals surface area contributed by atoms with Gasteiger partial charge < -0.3 is 15.0 Å². The van der Waals surface area contributed by atoms with Gasteiger partial charge in [-0.2, -0.15) is 0 Å². The first kappa shape index (κ1) is 19.5. The van der Waals surface area contributed by atoms with E-state index in [0.29, 0.717) is 13.1 Å². The molecule has 2 aromatic rings. The van der Waals surface area contributed by atoms with Crippen LogP contribution in [0.2, 0.25) is 0 Å². The van der Waals surface area contributed by atoms with Crippen LogP contribution in [0.3, 0.4) is 0 Å². The Kier molecular flexibility index (Phi) is 7.21. The van der Waals surface area contributed by atoms with Crippen molar-refractivity contribution in [3.8, 4) is 5.75 Å². The summed E-state index contributed by atoms with van der Waals surface area (Å²) in [5.41, 5.74) is 3.05. The Balaban J connectivity index is 1.80. The first-order valence-corrected chi connectivity index (χ1v) is 8.74. The Bertz CT molecular complexity index is 741. The van der Waals surface area contributed by atoms with Crippen molar-refractivity contribution in [2.75, 3.05) is 25.1 Å². The number of carbonyl (C=O) groups is 2. The molecule has 0 spiro atoms. The maximum atomic E-state index is 12.1. The van der Waals surface area contributed by atoms with Gasteiger partial charge in [0.1, 0.15) is 5.75 Å². The number of aryl methyl sites for hydroxylation is 1. The van der Waals surface area contributed by atoms with Gasteiger partial charge in [-0.1, -0.05) is 29.8 Å². The normalized spacial score (nSPS) is 10.3. The Hall–Kier alpha value is -2.82. The quantitative estimate of drug-likeness (QED) is 0.792. The minimum absolute atomic E-state index is 0.0637. The third-order valence-corrected chi connectivity index (χ3v) is 4.16. The van der Waals surface area contributed by atoms with Gasteiger partial charge >= 0.3 is 0 Å². The van der Waals surface area contributed by atoms with Gasteiger partial charge in [0.05, 0.1) is 7.11 Å². The summed E-state index contributed by atoms with van der Waals surface area (Å²) in [7, 11) is 1.63. The SMILES string of the molecule is COc1cccc(CCNC(=O)CCN(C(C)=O)c2ccc(C)cc2)c1. The molecule has 2 rings (SSSR count). The van der Waals surface area contributed by atoms with Gasteiger partial charge in [0.2, 0.25) is 11.8 Å². The Morgan fingerprint density at radius 2 is 1.85 bits per heavy atom. The molecular formula is C21H26N2O3. The Morgan fingerprint density at radius 3 is 2.50 bits per heavy atom. The molecule has 0 radical (unpaired) electrons. The number of rotatable bonds is 8. The van der Waals surface area contributed by atoms with Crippen LogP contribution in [0, 0.1) is 6.92 Å². The lowest BCUT2D eigenvalue weighted by atomic mass is 10.1. The molecule has 0 fully saturated rings. The van der Waals surface area contributed by atoms with E-state index < -0.39 is 0 Å². The molecule has 5 heteroatoms. The van der Waals surface area contributed by atoms with E-state index in [1.54, 1.807) is 12.0 Å². The van der Waals surface area contributed by atoms with Crippen molar-refractivity contribution in [2.45, 2.75) is 26.7 Å². The van der Waals surface area contributed by atoms with Gasteiger partial charge in [0, 0.05) is 32.1 Å². The van der Waals surface area contributed by atoms with Crippen LogP contribution >= 0.6 is 0 Å². The number of methoxy groups -OCH3 is 1. The second kappa shape index (κ2) is 9.61. The lowest BCUT2D eigenvalue weighted by molar-refractivity contribution is -0.121. The highest BCUT2D eigenvalue weighted by Crippen LogP contribution is 2.16. The highest BCUT2D eigenvalue weighted by atomic mass is 16.5. The molecule has 2 amide bonds. The second-order valence-corrected chi connectivity index (χ2v) is 6.21. The number of amides is 2. The smallest absolute Gasteiger partial charge is 0.223 e. The van der Waals surface area contributed by atoms with Crippen LogP contribution in [0.1, 0.15) is 24.5 Å². The predicted molar refractivity (Wildman–Crippen MR) is 104 cm³/mol. The lowest BCUT2D eigenvalue weighted by Gasteiger charge is -2.21. The molecule has 26 heavy (non-hydrogen) atoms. The zero-order valence-corrected chi connectivity index (χ0v) is 15.6. The van der Waals surface area contributed by atoms with Gasteiger partial charge in [-0.05, 0) is 43.2 Å². The van der Waals surface area contributed by atoms with Gasteiger partial charge in [-0.3, -0.25) is 9.59 Å². The second-order valence-electron chi connectivity index (χ2n) is 6.21. The summed E-state index contributed by atoms with van der Waals surface area (Å²) in [5.74, 6) is 0.674. The van der Waals surface area contributed by atoms with E-state index in [0.717, 1.165) is 29.0 Å². The molecule has 0 atom stereocenters. The highest BCUT2D eigenvalue weighted by molar-refractivity contribution is 5.92. The largest absolute Gasteiger partial charge is 0.497 e. The van der Waals surface area contributed by atoms with Crippen molar-refractivity contribution >= 4 is 17.5 Å². The number of ether oxygens (including phenoxy) is 1. The molecule has 0 aliphatic heterocycles. The summed E-state index contributed by atoms with van der Waals surface area (Å²) in [5, 5.41) is 2.91. The van der Waals surface area contributed by atoms with E-state index in [4.69, 9.17) is 4.74 Å². The van der Waals surface area contributed by atoms with Crippen molar-refractivity contribution in [3.05, 3.63) is 59.7 Å². The van der Waals surface area contributed by atoms with Crippen molar-refractivity contribution in [2.24, 2.45) is 0 Å². The molecule has 2 aromatic carbocycles. The summed E-state index contributed by atoms with van der Waals surface area (Å²) in [6.45, 7) is 4.43. The number of hydrogen-bond donors (Lipinski definition) is 1. The predicted octanol–water partition coefficient (Wildman–Crippen LogP) is 3.11. The minimum Gasteiger partial charge on any atom is -0.497 e. The van der Waals surface area contributed by atoms with Crippen LogP contribution in [0.25, 0.3) is 0 Å². The van der Waals surface area contributed by atoms with E-state index in [2.05, 4.69) is 5.32 Å². The summed E-state index contributed by atoms with van der Waals surface area (Å²) in [6.07, 6.45) is 1.00. The summed E-state index contributed by atoms with van der Waals surface area (Å²) in [6, 6.07) is 15.5. The number of anilines is 1. The molecule has 0 heterocycles. The van der Waals surface area contributed by atoms with Crippen molar-refractivity contribution < 1.29 is 14.3 Å². The fourth-order valence-electron chi connectivity index (χ4n) is 2.67. The Labute approximate surface area is 155 Å². The molecule has 138 valence electrons. The van der Waals surface area contributed by atoms with Gasteiger partial charge in [-0.15, -0.1) is 0 Å². The van der Waals surface area contributed by atoms with Crippen LogP contribution < -0.4 is 15.0 Å². The van der Waals surface area contributed by atoms with Crippen LogP contribution in [0.5, 0.6) is 5.75 Å². The maximum Gasteiger partial charge on any atom is 0.223 e. The number of hydrogen-bond acceptors (Lipinski definition) is 3. The lowest BCUT2D eigenvalue weighted by Crippen LogP contribution is -2.34. The summed E-state index contributed by atoms with van der Waals surface area (Å²) >= 11 is 0. The van der Waals surface area contributed by atoms with Gasteiger partial charge in [0.25, 0.3) is 0 Å². The van der Waals surface area contributed by atoms with Crippen molar-refractivity contribution in [1.82, 2.24) is 5.32 Å². The molecule has 0 aliphatic carbocycles. The third kappa shape index (κ3) is 5.92. The molecule has 0 saturated carbocycles. The molecular weight excluding hydrogens is 328 g/mol. The number of nitrogens with one attached hydrogen (secondary N) is 1. The Morgan fingerprint density at radius 1 is 1.12 bits per heavy atom. The average Bonchev–Trinajstić information content (AvgIpc) is 2.63. The number of nitrogens with zero attached hydrogens (tertiary/aromatic N) is 1. The molecule has 0 unspecified atom stereocenters. The minimum atomic E-state index is -0.0713.